The fourth-order valence-electron chi connectivity index (χ4n) is 2.53. The number of nitrogens with zero attached hydrogens (tertiary/aromatic N) is 2. The molecule has 0 spiro atoms. The van der Waals surface area contributed by atoms with E-state index in [-0.39, 0.29) is 0 Å². The Morgan fingerprint density at radius 1 is 1.25 bits per heavy atom. The zero-order chi connectivity index (χ0) is 14.4. The summed E-state index contributed by atoms with van der Waals surface area (Å²) >= 11 is 0. The number of nitrogens with two attached hydrogens (primary N) is 1. The lowest BCUT2D eigenvalue weighted by Gasteiger charge is -2.24. The van der Waals surface area contributed by atoms with Crippen molar-refractivity contribution in [3.63, 3.8) is 0 Å². The Bertz CT molecular complexity index is 430. The monoisotopic (exact) mass is 278 g/mol. The number of hydrogen-bond donors (Lipinski definition) is 2. The number of aryl methyl sites for hydroxylation is 1. The minimum absolute atomic E-state index is 0.476. The van der Waals surface area contributed by atoms with Crippen molar-refractivity contribution < 1.29 is 4.74 Å². The van der Waals surface area contributed by atoms with Gasteiger partial charge in [0.05, 0.1) is 6.61 Å². The zero-order valence-corrected chi connectivity index (χ0v) is 12.6. The van der Waals surface area contributed by atoms with E-state index in [0.717, 1.165) is 18.7 Å². The first-order chi connectivity index (χ1) is 9.70. The highest BCUT2D eigenvalue weighted by Gasteiger charge is 2.17. The normalized spacial score (nSPS) is 16.1. The third-order valence-electron chi connectivity index (χ3n) is 3.71. The fourth-order valence-corrected chi connectivity index (χ4v) is 2.53. The maximum absolute atomic E-state index is 6.14. The number of nitrogens with one attached hydrogen (secondary N) is 1. The van der Waals surface area contributed by atoms with Crippen molar-refractivity contribution >= 4 is 11.5 Å². The molecule has 1 aliphatic carbocycles. The average Bonchev–Trinajstić information content (AvgIpc) is 2.45. The van der Waals surface area contributed by atoms with Crippen LogP contribution in [-0.2, 0) is 0 Å². The molecule has 0 unspecified atom stereocenters. The molecule has 1 aromatic rings. The first kappa shape index (κ1) is 14.9. The van der Waals surface area contributed by atoms with Crippen LogP contribution in [0.5, 0.6) is 5.88 Å². The van der Waals surface area contributed by atoms with Crippen LogP contribution >= 0.6 is 0 Å². The highest BCUT2D eigenvalue weighted by molar-refractivity contribution is 5.67. The smallest absolute Gasteiger partial charge is 0.242 e. The van der Waals surface area contributed by atoms with Crippen LogP contribution in [0, 0.1) is 6.92 Å². The Balaban J connectivity index is 2.06. The van der Waals surface area contributed by atoms with Gasteiger partial charge in [0.2, 0.25) is 5.88 Å². The summed E-state index contributed by atoms with van der Waals surface area (Å²) in [5.41, 5.74) is 6.68. The lowest BCUT2D eigenvalue weighted by molar-refractivity contribution is 0.298. The summed E-state index contributed by atoms with van der Waals surface area (Å²) in [6.45, 7) is 4.66. The predicted octanol–water partition coefficient (Wildman–Crippen LogP) is 3.29. The fraction of sp³-hybridized carbons (Fsp3) is 0.733. The molecule has 1 aliphatic rings. The summed E-state index contributed by atoms with van der Waals surface area (Å²) in [5, 5.41) is 3.46. The van der Waals surface area contributed by atoms with Crippen molar-refractivity contribution in [1.29, 1.82) is 0 Å². The summed E-state index contributed by atoms with van der Waals surface area (Å²) < 4.78 is 5.67. The van der Waals surface area contributed by atoms with E-state index >= 15 is 0 Å². The Morgan fingerprint density at radius 3 is 2.70 bits per heavy atom. The molecule has 2 rings (SSSR count). The van der Waals surface area contributed by atoms with Gasteiger partial charge >= 0.3 is 0 Å². The first-order valence-corrected chi connectivity index (χ1v) is 7.74. The minimum atomic E-state index is 0.476. The number of anilines is 2. The second kappa shape index (κ2) is 7.31. The van der Waals surface area contributed by atoms with E-state index in [1.807, 2.05) is 6.92 Å². The molecule has 0 bridgehead atoms. The van der Waals surface area contributed by atoms with Crippen molar-refractivity contribution in [3.8, 4) is 5.88 Å². The van der Waals surface area contributed by atoms with Gasteiger partial charge in [-0.25, -0.2) is 4.98 Å². The van der Waals surface area contributed by atoms with E-state index in [0.29, 0.717) is 30.0 Å². The molecule has 1 aromatic heterocycles. The molecule has 3 N–H and O–H groups in total. The van der Waals surface area contributed by atoms with Crippen molar-refractivity contribution in [1.82, 2.24) is 9.97 Å². The van der Waals surface area contributed by atoms with Crippen LogP contribution in [0.15, 0.2) is 0 Å². The summed E-state index contributed by atoms with van der Waals surface area (Å²) in [5.74, 6) is 1.95. The Kier molecular flexibility index (Phi) is 5.44. The van der Waals surface area contributed by atoms with Gasteiger partial charge in [-0.1, -0.05) is 32.6 Å². The van der Waals surface area contributed by atoms with Crippen LogP contribution in [0.1, 0.15) is 57.7 Å². The summed E-state index contributed by atoms with van der Waals surface area (Å²) in [7, 11) is 0. The molecule has 0 aliphatic heterocycles. The number of aromatic nitrogens is 2. The Morgan fingerprint density at radius 2 is 2.00 bits per heavy atom. The molecular weight excluding hydrogens is 252 g/mol. The van der Waals surface area contributed by atoms with E-state index in [1.165, 1.54) is 32.1 Å². The van der Waals surface area contributed by atoms with E-state index in [9.17, 15) is 0 Å². The van der Waals surface area contributed by atoms with Crippen LogP contribution in [0.25, 0.3) is 0 Å². The van der Waals surface area contributed by atoms with Gasteiger partial charge in [-0.3, -0.25) is 0 Å². The molecule has 5 heteroatoms. The van der Waals surface area contributed by atoms with Gasteiger partial charge in [0.25, 0.3) is 0 Å². The Hall–Kier alpha value is -1.52. The maximum Gasteiger partial charge on any atom is 0.242 e. The van der Waals surface area contributed by atoms with Gasteiger partial charge in [-0.2, -0.15) is 4.98 Å². The molecule has 1 heterocycles. The van der Waals surface area contributed by atoms with E-state index in [2.05, 4.69) is 22.2 Å². The van der Waals surface area contributed by atoms with E-state index in [4.69, 9.17) is 10.5 Å². The molecule has 112 valence electrons. The number of hydrogen-bond acceptors (Lipinski definition) is 5. The van der Waals surface area contributed by atoms with Gasteiger partial charge in [-0.15, -0.1) is 0 Å². The SMILES string of the molecule is CCCCOc1nc(C)nc(NC2CCCCC2)c1N. The standard InChI is InChI=1S/C15H26N4O/c1-3-4-10-20-15-13(16)14(17-11(2)18-15)19-12-8-6-5-7-9-12/h12H,3-10,16H2,1-2H3,(H,17,18,19). The lowest BCUT2D eigenvalue weighted by Crippen LogP contribution is -2.24. The van der Waals surface area contributed by atoms with Crippen LogP contribution in [-0.4, -0.2) is 22.6 Å². The summed E-state index contributed by atoms with van der Waals surface area (Å²) in [6.07, 6.45) is 8.37. The van der Waals surface area contributed by atoms with Crippen molar-refractivity contribution in [2.75, 3.05) is 17.7 Å². The third-order valence-corrected chi connectivity index (χ3v) is 3.71. The highest BCUT2D eigenvalue weighted by Crippen LogP contribution is 2.29. The molecule has 0 atom stereocenters. The van der Waals surface area contributed by atoms with Gasteiger partial charge in [0.15, 0.2) is 5.82 Å². The van der Waals surface area contributed by atoms with Gasteiger partial charge < -0.3 is 15.8 Å². The zero-order valence-electron chi connectivity index (χ0n) is 12.6. The van der Waals surface area contributed by atoms with Crippen molar-refractivity contribution in [3.05, 3.63) is 5.82 Å². The Labute approximate surface area is 121 Å². The second-order valence-corrected chi connectivity index (χ2v) is 5.52. The van der Waals surface area contributed by atoms with E-state index < -0.39 is 0 Å². The molecular formula is C15H26N4O. The van der Waals surface area contributed by atoms with Crippen LogP contribution < -0.4 is 15.8 Å². The van der Waals surface area contributed by atoms with Crippen LogP contribution in [0.2, 0.25) is 0 Å². The molecule has 0 aromatic carbocycles. The molecule has 0 radical (unpaired) electrons. The number of rotatable bonds is 6. The maximum atomic E-state index is 6.14. The number of nitrogen functional groups attached to an aromatic ring is 1. The van der Waals surface area contributed by atoms with Crippen LogP contribution in [0.3, 0.4) is 0 Å². The van der Waals surface area contributed by atoms with Gasteiger partial charge in [0.1, 0.15) is 11.5 Å². The number of ether oxygens (including phenoxy) is 1. The molecule has 1 saturated carbocycles. The summed E-state index contributed by atoms with van der Waals surface area (Å²) in [4.78, 5) is 8.73. The molecule has 0 saturated heterocycles. The van der Waals surface area contributed by atoms with Crippen LogP contribution in [0.4, 0.5) is 11.5 Å². The third kappa shape index (κ3) is 3.99. The quantitative estimate of drug-likeness (QED) is 0.781. The second-order valence-electron chi connectivity index (χ2n) is 5.52. The van der Waals surface area contributed by atoms with Gasteiger partial charge in [-0.05, 0) is 26.2 Å². The summed E-state index contributed by atoms with van der Waals surface area (Å²) in [6, 6.07) is 0.476. The molecule has 1 fully saturated rings. The molecule has 0 amide bonds. The minimum Gasteiger partial charge on any atom is -0.476 e. The topological polar surface area (TPSA) is 73.1 Å². The predicted molar refractivity (Wildman–Crippen MR) is 82.1 cm³/mol. The first-order valence-electron chi connectivity index (χ1n) is 7.74. The molecule has 20 heavy (non-hydrogen) atoms. The van der Waals surface area contributed by atoms with E-state index in [1.54, 1.807) is 0 Å². The van der Waals surface area contributed by atoms with Gasteiger partial charge in [0, 0.05) is 6.04 Å². The number of unbranched alkanes of at least 4 members (excludes halogenated alkanes) is 1. The lowest BCUT2D eigenvalue weighted by atomic mass is 9.95. The highest BCUT2D eigenvalue weighted by atomic mass is 16.5. The largest absolute Gasteiger partial charge is 0.476 e. The van der Waals surface area contributed by atoms with Crippen molar-refractivity contribution in [2.24, 2.45) is 0 Å². The molecule has 5 nitrogen and oxygen atoms in total. The van der Waals surface area contributed by atoms with Crippen molar-refractivity contribution in [2.45, 2.75) is 64.8 Å². The average molecular weight is 278 g/mol.